The molecule has 0 amide bonds. The normalized spacial score (nSPS) is 12.4. The molecule has 2 aromatic rings. The molecule has 0 fully saturated rings. The molecule has 2 rings (SSSR count). The van der Waals surface area contributed by atoms with Crippen molar-refractivity contribution in [3.63, 3.8) is 0 Å². The highest BCUT2D eigenvalue weighted by Gasteiger charge is 2.12. The Labute approximate surface area is 111 Å². The number of rotatable bonds is 6. The zero-order valence-electron chi connectivity index (χ0n) is 11.3. The van der Waals surface area contributed by atoms with Crippen LogP contribution in [0, 0.1) is 6.92 Å². The molecule has 2 heterocycles. The van der Waals surface area contributed by atoms with Crippen molar-refractivity contribution in [2.24, 2.45) is 0 Å². The lowest BCUT2D eigenvalue weighted by molar-refractivity contribution is 0.428. The van der Waals surface area contributed by atoms with Crippen molar-refractivity contribution >= 4 is 6.01 Å². The molecule has 0 aliphatic heterocycles. The molecule has 0 saturated heterocycles. The minimum Gasteiger partial charge on any atom is -0.406 e. The number of hydrogen-bond acceptors (Lipinski definition) is 7. The van der Waals surface area contributed by atoms with E-state index in [9.17, 15) is 0 Å². The van der Waals surface area contributed by atoms with E-state index >= 15 is 0 Å². The van der Waals surface area contributed by atoms with Crippen LogP contribution in [0.15, 0.2) is 16.8 Å². The molecule has 7 heteroatoms. The van der Waals surface area contributed by atoms with Gasteiger partial charge in [-0.25, -0.2) is 0 Å². The van der Waals surface area contributed by atoms with Crippen molar-refractivity contribution in [3.8, 4) is 0 Å². The summed E-state index contributed by atoms with van der Waals surface area (Å²) >= 11 is 0. The van der Waals surface area contributed by atoms with Crippen molar-refractivity contribution in [3.05, 3.63) is 29.7 Å². The van der Waals surface area contributed by atoms with E-state index in [0.29, 0.717) is 18.5 Å². The number of hydrogen-bond donors (Lipinski definition) is 2. The largest absolute Gasteiger partial charge is 0.406 e. The fourth-order valence-electron chi connectivity index (χ4n) is 1.55. The topological polar surface area (TPSA) is 88.8 Å². The van der Waals surface area contributed by atoms with Gasteiger partial charge in [0.25, 0.3) is 0 Å². The van der Waals surface area contributed by atoms with E-state index in [1.165, 1.54) is 0 Å². The summed E-state index contributed by atoms with van der Waals surface area (Å²) in [6, 6.07) is 0.439. The Morgan fingerprint density at radius 2 is 2.11 bits per heavy atom. The van der Waals surface area contributed by atoms with Crippen LogP contribution in [0.1, 0.15) is 37.2 Å². The van der Waals surface area contributed by atoms with Crippen LogP contribution < -0.4 is 10.6 Å². The molecule has 102 valence electrons. The number of anilines is 1. The van der Waals surface area contributed by atoms with Crippen LogP contribution in [-0.4, -0.2) is 26.7 Å². The van der Waals surface area contributed by atoms with Crippen molar-refractivity contribution in [1.82, 2.24) is 25.5 Å². The Kier molecular flexibility index (Phi) is 4.40. The Morgan fingerprint density at radius 1 is 1.26 bits per heavy atom. The molecule has 19 heavy (non-hydrogen) atoms. The third-order valence-corrected chi connectivity index (χ3v) is 2.58. The molecule has 2 aromatic heterocycles. The van der Waals surface area contributed by atoms with Gasteiger partial charge in [0, 0.05) is 6.20 Å². The highest BCUT2D eigenvalue weighted by atomic mass is 16.4. The van der Waals surface area contributed by atoms with Gasteiger partial charge < -0.3 is 15.1 Å². The summed E-state index contributed by atoms with van der Waals surface area (Å²) in [5.74, 6) is 0.569. The highest BCUT2D eigenvalue weighted by molar-refractivity contribution is 5.19. The van der Waals surface area contributed by atoms with Crippen LogP contribution in [0.5, 0.6) is 0 Å². The van der Waals surface area contributed by atoms with Crippen molar-refractivity contribution in [2.75, 3.05) is 11.9 Å². The lowest BCUT2D eigenvalue weighted by Gasteiger charge is -2.05. The van der Waals surface area contributed by atoms with Gasteiger partial charge in [0.2, 0.25) is 5.89 Å². The first kappa shape index (κ1) is 13.4. The summed E-state index contributed by atoms with van der Waals surface area (Å²) in [7, 11) is 0. The SMILES string of the molecule is CCNC(C)c1nnc(NCc2cnc(C)cn2)o1. The summed E-state index contributed by atoms with van der Waals surface area (Å²) in [5.41, 5.74) is 1.72. The molecule has 0 aromatic carbocycles. The second kappa shape index (κ2) is 6.24. The van der Waals surface area contributed by atoms with Crippen LogP contribution >= 0.6 is 0 Å². The number of nitrogens with one attached hydrogen (secondary N) is 2. The summed E-state index contributed by atoms with van der Waals surface area (Å²) in [4.78, 5) is 8.41. The zero-order chi connectivity index (χ0) is 13.7. The van der Waals surface area contributed by atoms with Crippen LogP contribution in [0.4, 0.5) is 6.01 Å². The molecule has 0 spiro atoms. The average Bonchev–Trinajstić information content (AvgIpc) is 2.87. The van der Waals surface area contributed by atoms with E-state index in [1.807, 2.05) is 20.8 Å². The first-order valence-electron chi connectivity index (χ1n) is 6.27. The van der Waals surface area contributed by atoms with E-state index in [1.54, 1.807) is 12.4 Å². The van der Waals surface area contributed by atoms with Crippen LogP contribution in [0.25, 0.3) is 0 Å². The standard InChI is InChI=1S/C12H18N6O/c1-4-13-9(3)11-17-18-12(19-11)16-7-10-6-14-8(2)5-15-10/h5-6,9,13H,4,7H2,1-3H3,(H,16,18). The first-order valence-corrected chi connectivity index (χ1v) is 6.27. The third-order valence-electron chi connectivity index (χ3n) is 2.58. The summed E-state index contributed by atoms with van der Waals surface area (Å²) in [6.07, 6.45) is 3.45. The summed E-state index contributed by atoms with van der Waals surface area (Å²) < 4.78 is 5.50. The Balaban J connectivity index is 1.91. The smallest absolute Gasteiger partial charge is 0.315 e. The Morgan fingerprint density at radius 3 is 2.79 bits per heavy atom. The first-order chi connectivity index (χ1) is 9.19. The van der Waals surface area contributed by atoms with Gasteiger partial charge in [0.15, 0.2) is 0 Å². The molecule has 0 saturated carbocycles. The maximum atomic E-state index is 5.50. The molecule has 1 atom stereocenters. The van der Waals surface area contributed by atoms with E-state index in [0.717, 1.165) is 17.9 Å². The quantitative estimate of drug-likeness (QED) is 0.814. The Bertz CT molecular complexity index is 509. The number of nitrogens with zero attached hydrogens (tertiary/aromatic N) is 4. The highest BCUT2D eigenvalue weighted by Crippen LogP contribution is 2.13. The van der Waals surface area contributed by atoms with Gasteiger partial charge in [0.1, 0.15) is 0 Å². The predicted octanol–water partition coefficient (Wildman–Crippen LogP) is 1.45. The van der Waals surface area contributed by atoms with E-state index in [4.69, 9.17) is 4.42 Å². The summed E-state index contributed by atoms with van der Waals surface area (Å²) in [5, 5.41) is 14.2. The lowest BCUT2D eigenvalue weighted by atomic mass is 10.3. The molecule has 0 aliphatic rings. The van der Waals surface area contributed by atoms with Crippen molar-refractivity contribution < 1.29 is 4.42 Å². The van der Waals surface area contributed by atoms with Crippen LogP contribution in [-0.2, 0) is 6.54 Å². The molecule has 0 aliphatic carbocycles. The van der Waals surface area contributed by atoms with Gasteiger partial charge in [0.05, 0.1) is 30.2 Å². The number of aryl methyl sites for hydroxylation is 1. The summed E-state index contributed by atoms with van der Waals surface area (Å²) in [6.45, 7) is 7.26. The minimum absolute atomic E-state index is 0.0483. The molecule has 0 radical (unpaired) electrons. The van der Waals surface area contributed by atoms with Gasteiger partial charge in [-0.3, -0.25) is 9.97 Å². The predicted molar refractivity (Wildman–Crippen MR) is 70.5 cm³/mol. The van der Waals surface area contributed by atoms with Crippen molar-refractivity contribution in [1.29, 1.82) is 0 Å². The van der Waals surface area contributed by atoms with Crippen LogP contribution in [0.3, 0.4) is 0 Å². The molecular weight excluding hydrogens is 244 g/mol. The van der Waals surface area contributed by atoms with E-state index < -0.39 is 0 Å². The maximum absolute atomic E-state index is 5.50. The minimum atomic E-state index is 0.0483. The molecule has 2 N–H and O–H groups in total. The van der Waals surface area contributed by atoms with Gasteiger partial charge in [-0.1, -0.05) is 12.0 Å². The Hall–Kier alpha value is -2.02. The van der Waals surface area contributed by atoms with Crippen molar-refractivity contribution in [2.45, 2.75) is 33.4 Å². The second-order valence-electron chi connectivity index (χ2n) is 4.23. The molecular formula is C12H18N6O. The zero-order valence-corrected chi connectivity index (χ0v) is 11.3. The molecule has 0 bridgehead atoms. The monoisotopic (exact) mass is 262 g/mol. The second-order valence-corrected chi connectivity index (χ2v) is 4.23. The van der Waals surface area contributed by atoms with Gasteiger partial charge >= 0.3 is 6.01 Å². The fourth-order valence-corrected chi connectivity index (χ4v) is 1.55. The van der Waals surface area contributed by atoms with Gasteiger partial charge in [-0.15, -0.1) is 5.10 Å². The lowest BCUT2D eigenvalue weighted by Crippen LogP contribution is -2.17. The third kappa shape index (κ3) is 3.72. The molecule has 7 nitrogen and oxygen atoms in total. The van der Waals surface area contributed by atoms with E-state index in [2.05, 4.69) is 30.8 Å². The molecule has 1 unspecified atom stereocenters. The van der Waals surface area contributed by atoms with Crippen LogP contribution in [0.2, 0.25) is 0 Å². The fraction of sp³-hybridized carbons (Fsp3) is 0.500. The van der Waals surface area contributed by atoms with Gasteiger partial charge in [-0.2, -0.15) is 0 Å². The average molecular weight is 262 g/mol. The van der Waals surface area contributed by atoms with E-state index in [-0.39, 0.29) is 6.04 Å². The van der Waals surface area contributed by atoms with Gasteiger partial charge in [-0.05, 0) is 20.4 Å². The number of aromatic nitrogens is 4. The maximum Gasteiger partial charge on any atom is 0.315 e.